The predicted molar refractivity (Wildman–Crippen MR) is 96.0 cm³/mol. The molecule has 23 heavy (non-hydrogen) atoms. The van der Waals surface area contributed by atoms with Gasteiger partial charge in [-0.25, -0.2) is 0 Å². The van der Waals surface area contributed by atoms with Crippen LogP contribution in [-0.2, 0) is 4.79 Å². The molecule has 0 atom stereocenters. The van der Waals surface area contributed by atoms with Gasteiger partial charge in [-0.05, 0) is 52.7 Å². The summed E-state index contributed by atoms with van der Waals surface area (Å²) in [6.45, 7) is 1.85. The van der Waals surface area contributed by atoms with Crippen LogP contribution in [0.4, 0.5) is 5.69 Å². The van der Waals surface area contributed by atoms with Crippen molar-refractivity contribution in [2.24, 2.45) is 0 Å². The van der Waals surface area contributed by atoms with E-state index in [1.807, 2.05) is 55.5 Å². The van der Waals surface area contributed by atoms with Crippen LogP contribution < -0.4 is 14.8 Å². The zero-order chi connectivity index (χ0) is 16.7. The lowest BCUT2D eigenvalue weighted by Gasteiger charge is -2.12. The van der Waals surface area contributed by atoms with Crippen LogP contribution in [0.25, 0.3) is 6.08 Å². The van der Waals surface area contributed by atoms with Crippen molar-refractivity contribution < 1.29 is 14.3 Å². The van der Waals surface area contributed by atoms with Gasteiger partial charge < -0.3 is 14.8 Å². The van der Waals surface area contributed by atoms with Crippen molar-refractivity contribution >= 4 is 33.6 Å². The van der Waals surface area contributed by atoms with Gasteiger partial charge in [0.15, 0.2) is 18.1 Å². The van der Waals surface area contributed by atoms with Crippen LogP contribution in [0.3, 0.4) is 0 Å². The molecule has 2 aromatic carbocycles. The summed E-state index contributed by atoms with van der Waals surface area (Å²) in [5.41, 5.74) is 1.71. The second-order valence-corrected chi connectivity index (χ2v) is 5.58. The SMILES string of the molecule is C/C=C/c1ccc(OCC(=O)Nc2ccccc2Br)c(OC)c1. The van der Waals surface area contributed by atoms with E-state index in [2.05, 4.69) is 21.2 Å². The van der Waals surface area contributed by atoms with Crippen LogP contribution in [0.2, 0.25) is 0 Å². The van der Waals surface area contributed by atoms with Gasteiger partial charge in [-0.2, -0.15) is 0 Å². The second-order valence-electron chi connectivity index (χ2n) is 4.73. The van der Waals surface area contributed by atoms with Crippen molar-refractivity contribution in [1.82, 2.24) is 0 Å². The van der Waals surface area contributed by atoms with Crippen LogP contribution >= 0.6 is 15.9 Å². The Morgan fingerprint density at radius 1 is 1.22 bits per heavy atom. The molecule has 120 valence electrons. The summed E-state index contributed by atoms with van der Waals surface area (Å²) in [6.07, 6.45) is 3.91. The Bertz CT molecular complexity index is 713. The number of hydrogen-bond donors (Lipinski definition) is 1. The average molecular weight is 376 g/mol. The lowest BCUT2D eigenvalue weighted by atomic mass is 10.2. The molecule has 0 aliphatic heterocycles. The van der Waals surface area contributed by atoms with Gasteiger partial charge in [0.2, 0.25) is 0 Å². The summed E-state index contributed by atoms with van der Waals surface area (Å²) in [6, 6.07) is 13.0. The van der Waals surface area contributed by atoms with E-state index in [0.29, 0.717) is 17.2 Å². The van der Waals surface area contributed by atoms with Gasteiger partial charge in [0, 0.05) is 4.47 Å². The maximum Gasteiger partial charge on any atom is 0.262 e. The van der Waals surface area contributed by atoms with Crippen molar-refractivity contribution in [3.63, 3.8) is 0 Å². The van der Waals surface area contributed by atoms with Crippen LogP contribution in [0, 0.1) is 0 Å². The van der Waals surface area contributed by atoms with E-state index >= 15 is 0 Å². The zero-order valence-electron chi connectivity index (χ0n) is 13.0. The highest BCUT2D eigenvalue weighted by Crippen LogP contribution is 2.28. The van der Waals surface area contributed by atoms with Crippen molar-refractivity contribution in [3.05, 3.63) is 58.6 Å². The summed E-state index contributed by atoms with van der Waals surface area (Å²) in [4.78, 5) is 12.0. The lowest BCUT2D eigenvalue weighted by Crippen LogP contribution is -2.20. The fourth-order valence-electron chi connectivity index (χ4n) is 1.99. The predicted octanol–water partition coefficient (Wildman–Crippen LogP) is 4.51. The number of carbonyl (C=O) groups is 1. The van der Waals surface area contributed by atoms with Crippen LogP contribution in [0.1, 0.15) is 12.5 Å². The summed E-state index contributed by atoms with van der Waals surface area (Å²) in [5, 5.41) is 2.79. The molecule has 0 unspecified atom stereocenters. The maximum atomic E-state index is 12.0. The molecule has 0 saturated heterocycles. The monoisotopic (exact) mass is 375 g/mol. The third kappa shape index (κ3) is 4.86. The summed E-state index contributed by atoms with van der Waals surface area (Å²) in [7, 11) is 1.57. The molecule has 0 saturated carbocycles. The molecular formula is C18H18BrNO3. The summed E-state index contributed by atoms with van der Waals surface area (Å²) in [5.74, 6) is 0.883. The number of rotatable bonds is 6. The van der Waals surface area contributed by atoms with Gasteiger partial charge in [-0.15, -0.1) is 0 Å². The molecule has 0 aliphatic rings. The number of amides is 1. The molecule has 4 nitrogen and oxygen atoms in total. The quantitative estimate of drug-likeness (QED) is 0.807. The number of hydrogen-bond acceptors (Lipinski definition) is 3. The van der Waals surface area contributed by atoms with Gasteiger partial charge >= 0.3 is 0 Å². The van der Waals surface area contributed by atoms with Gasteiger partial charge in [0.25, 0.3) is 5.91 Å². The first-order chi connectivity index (χ1) is 11.1. The van der Waals surface area contributed by atoms with Gasteiger partial charge in [-0.1, -0.05) is 30.4 Å². The van der Waals surface area contributed by atoms with Gasteiger partial charge in [-0.3, -0.25) is 4.79 Å². The fourth-order valence-corrected chi connectivity index (χ4v) is 2.38. The summed E-state index contributed by atoms with van der Waals surface area (Å²) >= 11 is 3.38. The first-order valence-electron chi connectivity index (χ1n) is 7.12. The Kier molecular flexibility index (Phi) is 6.23. The molecule has 0 aliphatic carbocycles. The zero-order valence-corrected chi connectivity index (χ0v) is 14.6. The number of anilines is 1. The highest BCUT2D eigenvalue weighted by atomic mass is 79.9. The fraction of sp³-hybridized carbons (Fsp3) is 0.167. The van der Waals surface area contributed by atoms with Crippen molar-refractivity contribution in [3.8, 4) is 11.5 Å². The van der Waals surface area contributed by atoms with Crippen molar-refractivity contribution in [2.75, 3.05) is 19.0 Å². The molecule has 0 aromatic heterocycles. The largest absolute Gasteiger partial charge is 0.493 e. The number of carbonyl (C=O) groups excluding carboxylic acids is 1. The van der Waals surface area contributed by atoms with E-state index in [0.717, 1.165) is 10.0 Å². The Balaban J connectivity index is 2.00. The molecule has 5 heteroatoms. The molecule has 0 spiro atoms. The minimum Gasteiger partial charge on any atom is -0.493 e. The highest BCUT2D eigenvalue weighted by molar-refractivity contribution is 9.10. The number of methoxy groups -OCH3 is 1. The van der Waals surface area contributed by atoms with E-state index in [1.165, 1.54) is 0 Å². The van der Waals surface area contributed by atoms with Gasteiger partial charge in [0.05, 0.1) is 12.8 Å². The lowest BCUT2D eigenvalue weighted by molar-refractivity contribution is -0.118. The standard InChI is InChI=1S/C18H18BrNO3/c1-3-6-13-9-10-16(17(11-13)22-2)23-12-18(21)20-15-8-5-4-7-14(15)19/h3-11H,12H2,1-2H3,(H,20,21)/b6-3+. The van der Waals surface area contributed by atoms with E-state index in [4.69, 9.17) is 9.47 Å². The molecule has 0 radical (unpaired) electrons. The van der Waals surface area contributed by atoms with Crippen LogP contribution in [0.15, 0.2) is 53.0 Å². The molecule has 1 N–H and O–H groups in total. The van der Waals surface area contributed by atoms with E-state index < -0.39 is 0 Å². The first kappa shape index (κ1) is 17.1. The van der Waals surface area contributed by atoms with E-state index in [-0.39, 0.29) is 12.5 Å². The number of benzene rings is 2. The molecular weight excluding hydrogens is 358 g/mol. The maximum absolute atomic E-state index is 12.0. The molecule has 1 amide bonds. The average Bonchev–Trinajstić information content (AvgIpc) is 2.56. The highest BCUT2D eigenvalue weighted by Gasteiger charge is 2.09. The number of nitrogens with one attached hydrogen (secondary N) is 1. The number of halogens is 1. The minimum absolute atomic E-state index is 0.0966. The molecule has 0 fully saturated rings. The molecule has 2 aromatic rings. The van der Waals surface area contributed by atoms with E-state index in [9.17, 15) is 4.79 Å². The van der Waals surface area contributed by atoms with Crippen molar-refractivity contribution in [2.45, 2.75) is 6.92 Å². The van der Waals surface area contributed by atoms with Crippen LogP contribution in [-0.4, -0.2) is 19.6 Å². The minimum atomic E-state index is -0.239. The molecule has 2 rings (SSSR count). The second kappa shape index (κ2) is 8.39. The van der Waals surface area contributed by atoms with E-state index in [1.54, 1.807) is 13.2 Å². The van der Waals surface area contributed by atoms with Crippen molar-refractivity contribution in [1.29, 1.82) is 0 Å². The molecule has 0 heterocycles. The summed E-state index contributed by atoms with van der Waals surface area (Å²) < 4.78 is 11.7. The van der Waals surface area contributed by atoms with Gasteiger partial charge in [0.1, 0.15) is 0 Å². The number of ether oxygens (including phenoxy) is 2. The smallest absolute Gasteiger partial charge is 0.262 e. The Morgan fingerprint density at radius 2 is 2.00 bits per heavy atom. The third-order valence-electron chi connectivity index (χ3n) is 3.05. The number of para-hydroxylation sites is 1. The Hall–Kier alpha value is -2.27. The first-order valence-corrected chi connectivity index (χ1v) is 7.91. The Labute approximate surface area is 144 Å². The Morgan fingerprint density at radius 3 is 2.70 bits per heavy atom. The normalized spacial score (nSPS) is 10.6. The third-order valence-corrected chi connectivity index (χ3v) is 3.75. The topological polar surface area (TPSA) is 47.6 Å². The molecule has 0 bridgehead atoms. The van der Waals surface area contributed by atoms with Crippen LogP contribution in [0.5, 0.6) is 11.5 Å². The number of allylic oxidation sites excluding steroid dienone is 1.